The minimum absolute atomic E-state index is 0.285. The first-order valence-electron chi connectivity index (χ1n) is 6.43. The van der Waals surface area contributed by atoms with E-state index in [0.717, 1.165) is 19.5 Å². The summed E-state index contributed by atoms with van der Waals surface area (Å²) in [6, 6.07) is 8.87. The Morgan fingerprint density at radius 3 is 2.24 bits per heavy atom. The van der Waals surface area contributed by atoms with Crippen LogP contribution in [0.25, 0.3) is 0 Å². The van der Waals surface area contributed by atoms with Gasteiger partial charge in [-0.1, -0.05) is 32.9 Å². The van der Waals surface area contributed by atoms with Crippen LogP contribution in [0.3, 0.4) is 0 Å². The van der Waals surface area contributed by atoms with E-state index in [1.165, 1.54) is 11.3 Å². The predicted octanol–water partition coefficient (Wildman–Crippen LogP) is 2.93. The maximum absolute atomic E-state index is 3.26. The molecule has 1 aromatic carbocycles. The Morgan fingerprint density at radius 2 is 1.76 bits per heavy atom. The molecule has 1 aromatic rings. The van der Waals surface area contributed by atoms with Gasteiger partial charge in [0.15, 0.2) is 0 Å². The molecular formula is C15H26N2. The number of anilines is 1. The van der Waals surface area contributed by atoms with Gasteiger partial charge in [0.05, 0.1) is 0 Å². The van der Waals surface area contributed by atoms with Gasteiger partial charge in [-0.15, -0.1) is 0 Å². The highest BCUT2D eigenvalue weighted by molar-refractivity contribution is 5.47. The van der Waals surface area contributed by atoms with Crippen molar-refractivity contribution in [2.24, 2.45) is 5.41 Å². The second kappa shape index (κ2) is 6.06. The van der Waals surface area contributed by atoms with Crippen LogP contribution >= 0.6 is 0 Å². The zero-order valence-corrected chi connectivity index (χ0v) is 11.9. The quantitative estimate of drug-likeness (QED) is 0.814. The molecule has 1 rings (SSSR count). The Morgan fingerprint density at radius 1 is 1.18 bits per heavy atom. The van der Waals surface area contributed by atoms with E-state index < -0.39 is 0 Å². The van der Waals surface area contributed by atoms with Crippen LogP contribution in [0.1, 0.15) is 26.3 Å². The number of benzene rings is 1. The zero-order chi connectivity index (χ0) is 12.9. The molecule has 0 fully saturated rings. The van der Waals surface area contributed by atoms with E-state index in [2.05, 4.69) is 62.3 Å². The monoisotopic (exact) mass is 234 g/mol. The Bertz CT molecular complexity index is 327. The predicted molar refractivity (Wildman–Crippen MR) is 76.8 cm³/mol. The van der Waals surface area contributed by atoms with Crippen LogP contribution in [-0.2, 0) is 6.42 Å². The Kier molecular flexibility index (Phi) is 5.01. The highest BCUT2D eigenvalue weighted by Crippen LogP contribution is 2.20. The number of hydrogen-bond donors (Lipinski definition) is 1. The largest absolute Gasteiger partial charge is 0.374 e. The Hall–Kier alpha value is -1.02. The third-order valence-corrected chi connectivity index (χ3v) is 3.11. The van der Waals surface area contributed by atoms with E-state index in [1.807, 2.05) is 7.05 Å². The van der Waals surface area contributed by atoms with Crippen LogP contribution in [0.4, 0.5) is 5.69 Å². The third kappa shape index (κ3) is 4.39. The molecule has 17 heavy (non-hydrogen) atoms. The molecule has 96 valence electrons. The molecule has 0 radical (unpaired) electrons. The fourth-order valence-corrected chi connectivity index (χ4v) is 2.25. The fraction of sp³-hybridized carbons (Fsp3) is 0.600. The first-order valence-corrected chi connectivity index (χ1v) is 6.43. The second-order valence-corrected chi connectivity index (χ2v) is 5.57. The maximum Gasteiger partial charge on any atom is 0.0363 e. The molecule has 0 aliphatic heterocycles. The average molecular weight is 234 g/mol. The first kappa shape index (κ1) is 14.0. The summed E-state index contributed by atoms with van der Waals surface area (Å²) in [6.07, 6.45) is 1.11. The van der Waals surface area contributed by atoms with Crippen molar-refractivity contribution in [3.63, 3.8) is 0 Å². The average Bonchev–Trinajstić information content (AvgIpc) is 2.28. The smallest absolute Gasteiger partial charge is 0.0363 e. The lowest BCUT2D eigenvalue weighted by atomic mass is 9.92. The van der Waals surface area contributed by atoms with E-state index >= 15 is 0 Å². The van der Waals surface area contributed by atoms with Gasteiger partial charge < -0.3 is 10.2 Å². The molecule has 0 aromatic heterocycles. The third-order valence-electron chi connectivity index (χ3n) is 3.11. The van der Waals surface area contributed by atoms with Gasteiger partial charge in [-0.3, -0.25) is 0 Å². The SMILES string of the molecule is CCc1ccc(N(C)CC(C)(C)CNC)cc1. The van der Waals surface area contributed by atoms with Crippen molar-refractivity contribution in [3.05, 3.63) is 29.8 Å². The van der Waals surface area contributed by atoms with Gasteiger partial charge in [0.2, 0.25) is 0 Å². The lowest BCUT2D eigenvalue weighted by Crippen LogP contribution is -2.37. The summed E-state index contributed by atoms with van der Waals surface area (Å²) in [7, 11) is 4.18. The summed E-state index contributed by atoms with van der Waals surface area (Å²) in [6.45, 7) is 8.86. The summed E-state index contributed by atoms with van der Waals surface area (Å²) in [5.41, 5.74) is 2.98. The van der Waals surface area contributed by atoms with Gasteiger partial charge in [0.1, 0.15) is 0 Å². The number of aryl methyl sites for hydroxylation is 1. The van der Waals surface area contributed by atoms with Crippen molar-refractivity contribution < 1.29 is 0 Å². The first-order chi connectivity index (χ1) is 7.98. The normalized spacial score (nSPS) is 11.6. The van der Waals surface area contributed by atoms with Gasteiger partial charge in [-0.05, 0) is 36.6 Å². The molecule has 0 amide bonds. The summed E-state index contributed by atoms with van der Waals surface area (Å²) in [4.78, 5) is 2.33. The van der Waals surface area contributed by atoms with Crippen molar-refractivity contribution in [2.75, 3.05) is 32.1 Å². The van der Waals surface area contributed by atoms with Crippen LogP contribution < -0.4 is 10.2 Å². The highest BCUT2D eigenvalue weighted by atomic mass is 15.1. The minimum Gasteiger partial charge on any atom is -0.374 e. The molecule has 0 atom stereocenters. The maximum atomic E-state index is 3.26. The zero-order valence-electron chi connectivity index (χ0n) is 11.9. The van der Waals surface area contributed by atoms with Crippen LogP contribution in [0.15, 0.2) is 24.3 Å². The topological polar surface area (TPSA) is 15.3 Å². The second-order valence-electron chi connectivity index (χ2n) is 5.57. The molecule has 0 heterocycles. The minimum atomic E-state index is 0.285. The van der Waals surface area contributed by atoms with Gasteiger partial charge in [0.25, 0.3) is 0 Å². The lowest BCUT2D eigenvalue weighted by Gasteiger charge is -2.31. The molecular weight excluding hydrogens is 208 g/mol. The molecule has 1 N–H and O–H groups in total. The van der Waals surface area contributed by atoms with Crippen LogP contribution in [0.5, 0.6) is 0 Å². The van der Waals surface area contributed by atoms with Crippen molar-refractivity contribution in [2.45, 2.75) is 27.2 Å². The van der Waals surface area contributed by atoms with E-state index in [1.54, 1.807) is 0 Å². The molecule has 0 aliphatic carbocycles. The fourth-order valence-electron chi connectivity index (χ4n) is 2.25. The van der Waals surface area contributed by atoms with E-state index in [9.17, 15) is 0 Å². The van der Waals surface area contributed by atoms with Crippen molar-refractivity contribution in [3.8, 4) is 0 Å². The molecule has 0 saturated heterocycles. The van der Waals surface area contributed by atoms with E-state index in [4.69, 9.17) is 0 Å². The molecule has 0 spiro atoms. The van der Waals surface area contributed by atoms with E-state index in [0.29, 0.717) is 0 Å². The number of nitrogens with one attached hydrogen (secondary N) is 1. The molecule has 0 aliphatic rings. The highest BCUT2D eigenvalue weighted by Gasteiger charge is 2.19. The van der Waals surface area contributed by atoms with E-state index in [-0.39, 0.29) is 5.41 Å². The Balaban J connectivity index is 2.65. The van der Waals surface area contributed by atoms with Crippen molar-refractivity contribution in [1.29, 1.82) is 0 Å². The number of hydrogen-bond acceptors (Lipinski definition) is 2. The molecule has 2 heteroatoms. The van der Waals surface area contributed by atoms with Gasteiger partial charge in [-0.2, -0.15) is 0 Å². The summed E-state index contributed by atoms with van der Waals surface area (Å²) >= 11 is 0. The molecule has 2 nitrogen and oxygen atoms in total. The van der Waals surface area contributed by atoms with Gasteiger partial charge in [0, 0.05) is 25.8 Å². The van der Waals surface area contributed by atoms with Crippen LogP contribution in [0.2, 0.25) is 0 Å². The number of rotatable bonds is 6. The molecule has 0 saturated carbocycles. The molecule has 0 bridgehead atoms. The van der Waals surface area contributed by atoms with Gasteiger partial charge in [-0.25, -0.2) is 0 Å². The molecule has 0 unspecified atom stereocenters. The van der Waals surface area contributed by atoms with Crippen molar-refractivity contribution in [1.82, 2.24) is 5.32 Å². The van der Waals surface area contributed by atoms with Crippen LogP contribution in [0, 0.1) is 5.41 Å². The van der Waals surface area contributed by atoms with Crippen LogP contribution in [-0.4, -0.2) is 27.2 Å². The summed E-state index contributed by atoms with van der Waals surface area (Å²) in [5, 5.41) is 3.26. The Labute approximate surface area is 106 Å². The van der Waals surface area contributed by atoms with Gasteiger partial charge >= 0.3 is 0 Å². The van der Waals surface area contributed by atoms with Crippen molar-refractivity contribution >= 4 is 5.69 Å². The summed E-state index contributed by atoms with van der Waals surface area (Å²) in [5.74, 6) is 0. The standard InChI is InChI=1S/C15H26N2/c1-6-13-7-9-14(10-8-13)17(5)12-15(2,3)11-16-4/h7-10,16H,6,11-12H2,1-5H3. The number of nitrogens with zero attached hydrogens (tertiary/aromatic N) is 1. The summed E-state index contributed by atoms with van der Waals surface area (Å²) < 4.78 is 0. The lowest BCUT2D eigenvalue weighted by molar-refractivity contribution is 0.358.